The van der Waals surface area contributed by atoms with Gasteiger partial charge in [0, 0.05) is 19.1 Å². The number of hydrogen-bond acceptors (Lipinski definition) is 5. The molecule has 6 nitrogen and oxygen atoms in total. The molecule has 0 amide bonds. The summed E-state index contributed by atoms with van der Waals surface area (Å²) in [5, 5.41) is 3.53. The molecule has 0 aromatic carbocycles. The summed E-state index contributed by atoms with van der Waals surface area (Å²) in [7, 11) is -3.50. The van der Waals surface area contributed by atoms with Gasteiger partial charge >= 0.3 is 0 Å². The van der Waals surface area contributed by atoms with Crippen LogP contribution in [0.1, 0.15) is 18.6 Å². The third-order valence-electron chi connectivity index (χ3n) is 3.93. The van der Waals surface area contributed by atoms with Crippen LogP contribution in [0.4, 0.5) is 0 Å². The van der Waals surface area contributed by atoms with E-state index < -0.39 is 10.0 Å². The van der Waals surface area contributed by atoms with Crippen LogP contribution in [0.25, 0.3) is 0 Å². The van der Waals surface area contributed by atoms with Crippen LogP contribution in [0.2, 0.25) is 0 Å². The summed E-state index contributed by atoms with van der Waals surface area (Å²) in [6.45, 7) is 2.53. The van der Waals surface area contributed by atoms with E-state index in [2.05, 4.69) is 5.16 Å². The highest BCUT2D eigenvalue weighted by molar-refractivity contribution is 7.89. The van der Waals surface area contributed by atoms with Crippen molar-refractivity contribution in [3.05, 3.63) is 12.0 Å². The molecule has 0 spiro atoms. The third kappa shape index (κ3) is 1.86. The van der Waals surface area contributed by atoms with Gasteiger partial charge in [-0.3, -0.25) is 0 Å². The quantitative estimate of drug-likeness (QED) is 0.856. The molecule has 2 N–H and O–H groups in total. The van der Waals surface area contributed by atoms with E-state index in [4.69, 9.17) is 10.3 Å². The number of nitrogens with zero attached hydrogens (tertiary/aromatic N) is 2. The second-order valence-corrected chi connectivity index (χ2v) is 7.14. The summed E-state index contributed by atoms with van der Waals surface area (Å²) in [5.74, 6) is 1.25. The first kappa shape index (κ1) is 12.1. The van der Waals surface area contributed by atoms with Gasteiger partial charge in [-0.05, 0) is 31.6 Å². The van der Waals surface area contributed by atoms with Crippen LogP contribution in [-0.4, -0.2) is 37.0 Å². The van der Waals surface area contributed by atoms with Gasteiger partial charge in [0.25, 0.3) is 0 Å². The Bertz CT molecular complexity index is 550. The number of rotatable bonds is 3. The molecule has 2 fully saturated rings. The van der Waals surface area contributed by atoms with Gasteiger partial charge in [0.2, 0.25) is 10.0 Å². The van der Waals surface area contributed by atoms with Crippen LogP contribution in [0.5, 0.6) is 0 Å². The topological polar surface area (TPSA) is 89.4 Å². The van der Waals surface area contributed by atoms with E-state index in [9.17, 15) is 8.42 Å². The van der Waals surface area contributed by atoms with Gasteiger partial charge in [-0.15, -0.1) is 0 Å². The SMILES string of the molecule is Cc1oncc1S(=O)(=O)N1C[C@H](C2CC2)[C@@H](N)C1. The monoisotopic (exact) mass is 271 g/mol. The lowest BCUT2D eigenvalue weighted by Gasteiger charge is -2.15. The maximum atomic E-state index is 12.4. The molecule has 1 aliphatic carbocycles. The highest BCUT2D eigenvalue weighted by Crippen LogP contribution is 2.42. The fourth-order valence-corrected chi connectivity index (χ4v) is 4.30. The highest BCUT2D eigenvalue weighted by Gasteiger charge is 2.45. The van der Waals surface area contributed by atoms with Gasteiger partial charge in [-0.1, -0.05) is 5.16 Å². The van der Waals surface area contributed by atoms with Gasteiger partial charge in [0.1, 0.15) is 4.90 Å². The molecule has 1 aromatic rings. The molecule has 2 atom stereocenters. The van der Waals surface area contributed by atoms with E-state index in [1.54, 1.807) is 6.92 Å². The van der Waals surface area contributed by atoms with Gasteiger partial charge in [-0.25, -0.2) is 8.42 Å². The molecule has 0 unspecified atom stereocenters. The van der Waals surface area contributed by atoms with Crippen molar-refractivity contribution in [1.82, 2.24) is 9.46 Å². The molecule has 1 saturated heterocycles. The summed E-state index contributed by atoms with van der Waals surface area (Å²) in [6.07, 6.45) is 3.62. The minimum atomic E-state index is -3.50. The normalized spacial score (nSPS) is 29.9. The van der Waals surface area contributed by atoms with E-state index >= 15 is 0 Å². The number of sulfonamides is 1. The van der Waals surface area contributed by atoms with Crippen LogP contribution in [0.15, 0.2) is 15.6 Å². The lowest BCUT2D eigenvalue weighted by atomic mass is 9.99. The standard InChI is InChI=1S/C11H17N3O3S/c1-7-11(4-13-17-7)18(15,16)14-5-9(8-2-3-8)10(12)6-14/h4,8-10H,2-3,5-6,12H2,1H3/t9-,10+/m1/s1. The molecule has 1 aromatic heterocycles. The predicted octanol–water partition coefficient (Wildman–Crippen LogP) is 0.341. The predicted molar refractivity (Wildman–Crippen MR) is 64.2 cm³/mol. The molecule has 3 rings (SSSR count). The van der Waals surface area contributed by atoms with Gasteiger partial charge < -0.3 is 10.3 Å². The molecular weight excluding hydrogens is 254 g/mol. The number of hydrogen-bond donors (Lipinski definition) is 1. The van der Waals surface area contributed by atoms with E-state index in [1.165, 1.54) is 23.3 Å². The summed E-state index contributed by atoms with van der Waals surface area (Å²) in [5.41, 5.74) is 6.05. The maximum absolute atomic E-state index is 12.4. The average Bonchev–Trinajstić information content (AvgIpc) is 2.93. The van der Waals surface area contributed by atoms with Crippen LogP contribution >= 0.6 is 0 Å². The summed E-state index contributed by atoms with van der Waals surface area (Å²) >= 11 is 0. The largest absolute Gasteiger partial charge is 0.360 e. The molecule has 0 bridgehead atoms. The lowest BCUT2D eigenvalue weighted by Crippen LogP contribution is -2.32. The van der Waals surface area contributed by atoms with Crippen molar-refractivity contribution < 1.29 is 12.9 Å². The van der Waals surface area contributed by atoms with Crippen molar-refractivity contribution >= 4 is 10.0 Å². The van der Waals surface area contributed by atoms with E-state index in [0.717, 1.165) is 0 Å². The van der Waals surface area contributed by atoms with Gasteiger partial charge in [0.05, 0.1) is 6.20 Å². The fourth-order valence-electron chi connectivity index (χ4n) is 2.71. The Labute approximate surface area is 106 Å². The van der Waals surface area contributed by atoms with Crippen molar-refractivity contribution in [2.45, 2.75) is 30.7 Å². The maximum Gasteiger partial charge on any atom is 0.248 e. The second kappa shape index (κ2) is 4.04. The highest BCUT2D eigenvalue weighted by atomic mass is 32.2. The molecule has 18 heavy (non-hydrogen) atoms. The molecule has 100 valence electrons. The first-order valence-electron chi connectivity index (χ1n) is 6.17. The van der Waals surface area contributed by atoms with Crippen molar-refractivity contribution in [2.75, 3.05) is 13.1 Å². The zero-order valence-corrected chi connectivity index (χ0v) is 11.1. The Morgan fingerprint density at radius 2 is 2.17 bits per heavy atom. The Morgan fingerprint density at radius 3 is 2.72 bits per heavy atom. The van der Waals surface area contributed by atoms with Crippen molar-refractivity contribution in [3.63, 3.8) is 0 Å². The lowest BCUT2D eigenvalue weighted by molar-refractivity contribution is 0.392. The van der Waals surface area contributed by atoms with Crippen molar-refractivity contribution in [1.29, 1.82) is 0 Å². The minimum absolute atomic E-state index is 0.0487. The Morgan fingerprint density at radius 1 is 1.44 bits per heavy atom. The van der Waals surface area contributed by atoms with Gasteiger partial charge in [0.15, 0.2) is 5.76 Å². The number of aryl methyl sites for hydroxylation is 1. The van der Waals surface area contributed by atoms with E-state index in [-0.39, 0.29) is 10.9 Å². The molecule has 2 aliphatic rings. The molecule has 7 heteroatoms. The zero-order chi connectivity index (χ0) is 12.9. The summed E-state index contributed by atoms with van der Waals surface area (Å²) < 4.78 is 31.2. The Hall–Kier alpha value is -0.920. The van der Waals surface area contributed by atoms with Crippen LogP contribution in [0, 0.1) is 18.8 Å². The average molecular weight is 271 g/mol. The molecular formula is C11H17N3O3S. The van der Waals surface area contributed by atoms with Crippen molar-refractivity contribution in [2.24, 2.45) is 17.6 Å². The smallest absolute Gasteiger partial charge is 0.248 e. The number of nitrogens with two attached hydrogens (primary N) is 1. The molecule has 2 heterocycles. The molecule has 1 aliphatic heterocycles. The van der Waals surface area contributed by atoms with E-state index in [0.29, 0.717) is 30.7 Å². The number of aromatic nitrogens is 1. The van der Waals surface area contributed by atoms with E-state index in [1.807, 2.05) is 0 Å². The van der Waals surface area contributed by atoms with Gasteiger partial charge in [-0.2, -0.15) is 4.31 Å². The fraction of sp³-hybridized carbons (Fsp3) is 0.727. The second-order valence-electron chi connectivity index (χ2n) is 5.23. The summed E-state index contributed by atoms with van der Waals surface area (Å²) in [4.78, 5) is 0.158. The van der Waals surface area contributed by atoms with Crippen molar-refractivity contribution in [3.8, 4) is 0 Å². The Kier molecular flexibility index (Phi) is 2.72. The Balaban J connectivity index is 1.85. The minimum Gasteiger partial charge on any atom is -0.360 e. The van der Waals surface area contributed by atoms with Crippen LogP contribution in [-0.2, 0) is 10.0 Å². The first-order valence-corrected chi connectivity index (χ1v) is 7.61. The van der Waals surface area contributed by atoms with Crippen LogP contribution in [0.3, 0.4) is 0 Å². The third-order valence-corrected chi connectivity index (χ3v) is 5.86. The molecule has 1 saturated carbocycles. The molecule has 0 radical (unpaired) electrons. The van der Waals surface area contributed by atoms with Crippen LogP contribution < -0.4 is 5.73 Å². The zero-order valence-electron chi connectivity index (χ0n) is 10.2. The first-order chi connectivity index (χ1) is 8.50. The summed E-state index contributed by atoms with van der Waals surface area (Å²) in [6, 6.07) is -0.0487.